The molecule has 100 valence electrons. The van der Waals surface area contributed by atoms with E-state index >= 15 is 0 Å². The molecule has 2 heteroatoms. The van der Waals surface area contributed by atoms with Crippen molar-refractivity contribution in [3.8, 4) is 11.1 Å². The zero-order valence-electron chi connectivity index (χ0n) is 11.4. The molecule has 0 aliphatic heterocycles. The van der Waals surface area contributed by atoms with Crippen LogP contribution in [0, 0.1) is 0 Å². The van der Waals surface area contributed by atoms with Crippen LogP contribution in [0.5, 0.6) is 0 Å². The van der Waals surface area contributed by atoms with Crippen LogP contribution in [0.25, 0.3) is 11.1 Å². The van der Waals surface area contributed by atoms with Gasteiger partial charge in [-0.25, -0.2) is 0 Å². The number of nitrogens with two attached hydrogens (primary N) is 1. The molecule has 0 radical (unpaired) electrons. The zero-order valence-corrected chi connectivity index (χ0v) is 12.2. The van der Waals surface area contributed by atoms with Gasteiger partial charge in [0.05, 0.1) is 0 Å². The predicted octanol–water partition coefficient (Wildman–Crippen LogP) is 4.32. The zero-order chi connectivity index (χ0) is 13.5. The smallest absolute Gasteiger partial charge is 0.0185 e. The van der Waals surface area contributed by atoms with Crippen molar-refractivity contribution in [2.45, 2.75) is 25.1 Å². The second kappa shape index (κ2) is 7.37. The Balaban J connectivity index is 1.92. The van der Waals surface area contributed by atoms with Gasteiger partial charge in [0.1, 0.15) is 0 Å². The van der Waals surface area contributed by atoms with E-state index in [9.17, 15) is 0 Å². The number of hydrogen-bond donors (Lipinski definition) is 1. The molecule has 2 rings (SSSR count). The lowest BCUT2D eigenvalue weighted by Gasteiger charge is -2.08. The summed E-state index contributed by atoms with van der Waals surface area (Å²) >= 11 is 1.92. The van der Waals surface area contributed by atoms with E-state index in [4.69, 9.17) is 5.73 Å². The van der Waals surface area contributed by atoms with Crippen molar-refractivity contribution in [2.24, 2.45) is 5.73 Å². The maximum absolute atomic E-state index is 5.92. The van der Waals surface area contributed by atoms with Gasteiger partial charge in [-0.3, -0.25) is 0 Å². The topological polar surface area (TPSA) is 26.0 Å². The standard InChI is InChI=1S/C17H21NS/c1-2-17(18)13-19-12-14-8-10-16(11-9-14)15-6-4-3-5-7-15/h3-11,17H,2,12-13,18H2,1H3. The van der Waals surface area contributed by atoms with Crippen molar-refractivity contribution < 1.29 is 0 Å². The first-order chi connectivity index (χ1) is 9.29. The van der Waals surface area contributed by atoms with Gasteiger partial charge >= 0.3 is 0 Å². The van der Waals surface area contributed by atoms with Crippen molar-refractivity contribution in [3.63, 3.8) is 0 Å². The van der Waals surface area contributed by atoms with Crippen LogP contribution in [0.1, 0.15) is 18.9 Å². The second-order valence-electron chi connectivity index (χ2n) is 4.75. The van der Waals surface area contributed by atoms with Crippen molar-refractivity contribution in [1.82, 2.24) is 0 Å². The first-order valence-electron chi connectivity index (χ1n) is 6.77. The number of thioether (sulfide) groups is 1. The average molecular weight is 271 g/mol. The minimum absolute atomic E-state index is 0.327. The molecule has 0 aromatic heterocycles. The highest BCUT2D eigenvalue weighted by atomic mass is 32.2. The molecule has 1 nitrogen and oxygen atoms in total. The van der Waals surface area contributed by atoms with Crippen LogP contribution >= 0.6 is 11.8 Å². The number of benzene rings is 2. The first-order valence-corrected chi connectivity index (χ1v) is 7.92. The minimum Gasteiger partial charge on any atom is -0.327 e. The van der Waals surface area contributed by atoms with Gasteiger partial charge < -0.3 is 5.73 Å². The summed E-state index contributed by atoms with van der Waals surface area (Å²) in [7, 11) is 0. The highest BCUT2D eigenvalue weighted by Crippen LogP contribution is 2.21. The molecule has 0 bridgehead atoms. The van der Waals surface area contributed by atoms with Crippen molar-refractivity contribution in [3.05, 3.63) is 60.2 Å². The summed E-state index contributed by atoms with van der Waals surface area (Å²) in [5.74, 6) is 2.08. The largest absolute Gasteiger partial charge is 0.327 e. The molecule has 0 spiro atoms. The van der Waals surface area contributed by atoms with Gasteiger partial charge in [-0.05, 0) is 23.1 Å². The first kappa shape index (κ1) is 14.2. The Morgan fingerprint density at radius 2 is 1.58 bits per heavy atom. The Labute approximate surface area is 120 Å². The molecular weight excluding hydrogens is 250 g/mol. The SMILES string of the molecule is CCC(N)CSCc1ccc(-c2ccccc2)cc1. The highest BCUT2D eigenvalue weighted by Gasteiger charge is 2.01. The summed E-state index contributed by atoms with van der Waals surface area (Å²) < 4.78 is 0. The third kappa shape index (κ3) is 4.41. The molecule has 0 amide bonds. The Kier molecular flexibility index (Phi) is 5.49. The van der Waals surface area contributed by atoms with Crippen LogP contribution in [0.2, 0.25) is 0 Å². The molecule has 0 aliphatic carbocycles. The molecule has 0 saturated heterocycles. The summed E-state index contributed by atoms with van der Waals surface area (Å²) in [5.41, 5.74) is 9.84. The summed E-state index contributed by atoms with van der Waals surface area (Å²) in [6.07, 6.45) is 1.06. The van der Waals surface area contributed by atoms with Gasteiger partial charge in [0.15, 0.2) is 0 Å². The lowest BCUT2D eigenvalue weighted by Crippen LogP contribution is -2.21. The molecule has 0 aliphatic rings. The van der Waals surface area contributed by atoms with Crippen molar-refractivity contribution in [2.75, 3.05) is 5.75 Å². The Hall–Kier alpha value is -1.25. The van der Waals surface area contributed by atoms with Crippen LogP contribution in [0.4, 0.5) is 0 Å². The van der Waals surface area contributed by atoms with E-state index in [2.05, 4.69) is 55.5 Å². The Bertz CT molecular complexity index is 478. The number of rotatable bonds is 6. The fraction of sp³-hybridized carbons (Fsp3) is 0.294. The van der Waals surface area contributed by atoms with E-state index in [0.717, 1.165) is 17.9 Å². The molecule has 2 N–H and O–H groups in total. The summed E-state index contributed by atoms with van der Waals surface area (Å²) in [6, 6.07) is 19.6. The fourth-order valence-corrected chi connectivity index (χ4v) is 2.95. The molecule has 0 heterocycles. The quantitative estimate of drug-likeness (QED) is 0.846. The van der Waals surface area contributed by atoms with Gasteiger partial charge in [0.2, 0.25) is 0 Å². The number of hydrogen-bond acceptors (Lipinski definition) is 2. The lowest BCUT2D eigenvalue weighted by molar-refractivity contribution is 0.725. The molecule has 0 saturated carbocycles. The van der Waals surface area contributed by atoms with Crippen LogP contribution < -0.4 is 5.73 Å². The van der Waals surface area contributed by atoms with Crippen LogP contribution in [-0.2, 0) is 5.75 Å². The van der Waals surface area contributed by atoms with Gasteiger partial charge in [0, 0.05) is 17.5 Å². The Morgan fingerprint density at radius 1 is 0.947 bits per heavy atom. The summed E-state index contributed by atoms with van der Waals surface area (Å²) in [4.78, 5) is 0. The summed E-state index contributed by atoms with van der Waals surface area (Å²) in [6.45, 7) is 2.14. The average Bonchev–Trinajstić information content (AvgIpc) is 2.48. The van der Waals surface area contributed by atoms with E-state index in [1.807, 2.05) is 17.8 Å². The molecule has 2 aromatic rings. The van der Waals surface area contributed by atoms with E-state index < -0.39 is 0 Å². The fourth-order valence-electron chi connectivity index (χ4n) is 1.87. The molecule has 1 unspecified atom stereocenters. The minimum atomic E-state index is 0.327. The predicted molar refractivity (Wildman–Crippen MR) is 86.3 cm³/mol. The maximum Gasteiger partial charge on any atom is 0.0185 e. The van der Waals surface area contributed by atoms with Crippen molar-refractivity contribution in [1.29, 1.82) is 0 Å². The third-order valence-corrected chi connectivity index (χ3v) is 4.39. The van der Waals surface area contributed by atoms with Gasteiger partial charge in [-0.1, -0.05) is 61.5 Å². The molecule has 19 heavy (non-hydrogen) atoms. The normalized spacial score (nSPS) is 12.3. The molecule has 1 atom stereocenters. The lowest BCUT2D eigenvalue weighted by atomic mass is 10.0. The molecule has 0 fully saturated rings. The third-order valence-electron chi connectivity index (χ3n) is 3.19. The van der Waals surface area contributed by atoms with Crippen molar-refractivity contribution >= 4 is 11.8 Å². The van der Waals surface area contributed by atoms with Gasteiger partial charge in [-0.2, -0.15) is 11.8 Å². The van der Waals surface area contributed by atoms with E-state index in [1.165, 1.54) is 16.7 Å². The van der Waals surface area contributed by atoms with E-state index in [0.29, 0.717) is 6.04 Å². The Morgan fingerprint density at radius 3 is 2.21 bits per heavy atom. The summed E-state index contributed by atoms with van der Waals surface area (Å²) in [5, 5.41) is 0. The molecule has 2 aromatic carbocycles. The van der Waals surface area contributed by atoms with Crippen LogP contribution in [0.3, 0.4) is 0 Å². The van der Waals surface area contributed by atoms with E-state index in [1.54, 1.807) is 0 Å². The van der Waals surface area contributed by atoms with Gasteiger partial charge in [-0.15, -0.1) is 0 Å². The van der Waals surface area contributed by atoms with Gasteiger partial charge in [0.25, 0.3) is 0 Å². The van der Waals surface area contributed by atoms with Crippen LogP contribution in [0.15, 0.2) is 54.6 Å². The second-order valence-corrected chi connectivity index (χ2v) is 5.78. The van der Waals surface area contributed by atoms with E-state index in [-0.39, 0.29) is 0 Å². The monoisotopic (exact) mass is 271 g/mol. The highest BCUT2D eigenvalue weighted by molar-refractivity contribution is 7.98. The van der Waals surface area contributed by atoms with Crippen LogP contribution in [-0.4, -0.2) is 11.8 Å². The molecular formula is C17H21NS. The maximum atomic E-state index is 5.92.